The summed E-state index contributed by atoms with van der Waals surface area (Å²) < 4.78 is 2.04. The first-order chi connectivity index (χ1) is 13.4. The molecule has 0 aromatic carbocycles. The largest absolute Gasteiger partial charge is 0.366 e. The van der Waals surface area contributed by atoms with Crippen molar-refractivity contribution in [1.82, 2.24) is 35.1 Å². The lowest BCUT2D eigenvalue weighted by molar-refractivity contribution is 0.479. The maximum absolute atomic E-state index is 4.80. The molecule has 0 bridgehead atoms. The van der Waals surface area contributed by atoms with Crippen molar-refractivity contribution in [2.75, 3.05) is 18.4 Å². The Bertz CT molecular complexity index is 1050. The Morgan fingerprint density at radius 3 is 3.00 bits per heavy atom. The number of aromatic amines is 1. The summed E-state index contributed by atoms with van der Waals surface area (Å²) >= 11 is 0. The van der Waals surface area contributed by atoms with Crippen molar-refractivity contribution in [2.45, 2.75) is 18.9 Å². The van der Waals surface area contributed by atoms with E-state index in [1.54, 1.807) is 6.20 Å². The summed E-state index contributed by atoms with van der Waals surface area (Å²) in [6.45, 7) is 2.08. The monoisotopic (exact) mass is 360 g/mol. The molecule has 1 aliphatic heterocycles. The summed E-state index contributed by atoms with van der Waals surface area (Å²) in [5, 5.41) is 17.6. The fourth-order valence-electron chi connectivity index (χ4n) is 3.51. The molecule has 0 saturated carbocycles. The Morgan fingerprint density at radius 2 is 2.15 bits per heavy atom. The number of hydrogen-bond acceptors (Lipinski definition) is 6. The summed E-state index contributed by atoms with van der Waals surface area (Å²) in [5.74, 6) is 0.898. The molecule has 27 heavy (non-hydrogen) atoms. The molecule has 4 aromatic rings. The van der Waals surface area contributed by atoms with Crippen molar-refractivity contribution in [3.63, 3.8) is 0 Å². The fourth-order valence-corrected chi connectivity index (χ4v) is 3.51. The number of hydrogen-bond donors (Lipinski definition) is 3. The second-order valence-corrected chi connectivity index (χ2v) is 6.74. The van der Waals surface area contributed by atoms with Gasteiger partial charge in [-0.15, -0.1) is 0 Å². The van der Waals surface area contributed by atoms with Crippen LogP contribution in [0.15, 0.2) is 48.9 Å². The van der Waals surface area contributed by atoms with E-state index in [1.807, 2.05) is 47.1 Å². The van der Waals surface area contributed by atoms with E-state index in [9.17, 15) is 0 Å². The quantitative estimate of drug-likeness (QED) is 0.517. The number of imidazole rings is 1. The average molecular weight is 360 g/mol. The van der Waals surface area contributed by atoms with E-state index in [0.717, 1.165) is 47.2 Å². The van der Waals surface area contributed by atoms with Gasteiger partial charge >= 0.3 is 0 Å². The minimum absolute atomic E-state index is 0.425. The van der Waals surface area contributed by atoms with Crippen molar-refractivity contribution in [3.8, 4) is 22.6 Å². The maximum Gasteiger partial charge on any atom is 0.137 e. The lowest BCUT2D eigenvalue weighted by Gasteiger charge is -2.24. The van der Waals surface area contributed by atoms with E-state index in [0.29, 0.717) is 6.04 Å². The Labute approximate surface area is 156 Å². The highest BCUT2D eigenvalue weighted by atomic mass is 15.3. The average Bonchev–Trinajstić information content (AvgIpc) is 3.38. The Hall–Kier alpha value is -3.26. The van der Waals surface area contributed by atoms with E-state index >= 15 is 0 Å². The smallest absolute Gasteiger partial charge is 0.137 e. The first kappa shape index (κ1) is 16.0. The van der Waals surface area contributed by atoms with Gasteiger partial charge < -0.3 is 10.6 Å². The normalized spacial score (nSPS) is 17.3. The number of nitrogens with zero attached hydrogens (tertiary/aromatic N) is 5. The van der Waals surface area contributed by atoms with Crippen LogP contribution in [0.4, 0.5) is 5.82 Å². The first-order valence-electron chi connectivity index (χ1n) is 9.15. The highest BCUT2D eigenvalue weighted by Gasteiger charge is 2.14. The molecule has 1 saturated heterocycles. The van der Waals surface area contributed by atoms with Crippen LogP contribution in [0, 0.1) is 0 Å². The van der Waals surface area contributed by atoms with E-state index in [-0.39, 0.29) is 0 Å². The molecule has 1 fully saturated rings. The molecule has 1 atom stereocenters. The predicted molar refractivity (Wildman–Crippen MR) is 103 cm³/mol. The zero-order valence-electron chi connectivity index (χ0n) is 14.8. The van der Waals surface area contributed by atoms with E-state index < -0.39 is 0 Å². The summed E-state index contributed by atoms with van der Waals surface area (Å²) in [5.41, 5.74) is 4.48. The molecule has 0 amide bonds. The number of anilines is 1. The molecule has 8 nitrogen and oxygen atoms in total. The fraction of sp³-hybridized carbons (Fsp3) is 0.263. The number of pyridine rings is 2. The maximum atomic E-state index is 4.80. The summed E-state index contributed by atoms with van der Waals surface area (Å²) in [6, 6.07) is 10.5. The van der Waals surface area contributed by atoms with Crippen LogP contribution in [-0.4, -0.2) is 48.9 Å². The van der Waals surface area contributed by atoms with Gasteiger partial charge in [0.2, 0.25) is 0 Å². The van der Waals surface area contributed by atoms with Gasteiger partial charge in [0.1, 0.15) is 17.2 Å². The molecule has 0 aliphatic carbocycles. The van der Waals surface area contributed by atoms with Gasteiger partial charge in [0.15, 0.2) is 0 Å². The Morgan fingerprint density at radius 1 is 1.15 bits per heavy atom. The number of fused-ring (bicyclic) bond motifs is 1. The van der Waals surface area contributed by atoms with Crippen molar-refractivity contribution in [1.29, 1.82) is 0 Å². The first-order valence-corrected chi connectivity index (χ1v) is 9.15. The number of nitrogens with one attached hydrogen (secondary N) is 3. The summed E-state index contributed by atoms with van der Waals surface area (Å²) in [6.07, 6.45) is 7.91. The van der Waals surface area contributed by atoms with E-state index in [2.05, 4.69) is 31.0 Å². The van der Waals surface area contributed by atoms with Gasteiger partial charge in [-0.2, -0.15) is 15.4 Å². The Balaban J connectivity index is 1.45. The van der Waals surface area contributed by atoms with Crippen LogP contribution in [0.5, 0.6) is 0 Å². The van der Waals surface area contributed by atoms with Crippen molar-refractivity contribution >= 4 is 11.5 Å². The minimum atomic E-state index is 0.425. The van der Waals surface area contributed by atoms with Gasteiger partial charge in [0, 0.05) is 24.3 Å². The van der Waals surface area contributed by atoms with Gasteiger partial charge in [-0.3, -0.25) is 4.40 Å². The van der Waals surface area contributed by atoms with Gasteiger partial charge in [-0.25, -0.2) is 9.97 Å². The highest BCUT2D eigenvalue weighted by Crippen LogP contribution is 2.24. The van der Waals surface area contributed by atoms with Crippen molar-refractivity contribution < 1.29 is 0 Å². The summed E-state index contributed by atoms with van der Waals surface area (Å²) in [4.78, 5) is 9.35. The van der Waals surface area contributed by atoms with Crippen LogP contribution in [0.3, 0.4) is 0 Å². The molecular formula is C19H20N8. The van der Waals surface area contributed by atoms with Crippen LogP contribution >= 0.6 is 0 Å². The molecule has 4 aromatic heterocycles. The van der Waals surface area contributed by atoms with Crippen molar-refractivity contribution in [2.24, 2.45) is 0 Å². The van der Waals surface area contributed by atoms with Gasteiger partial charge in [0.25, 0.3) is 0 Å². The number of piperidine rings is 1. The molecule has 5 heterocycles. The van der Waals surface area contributed by atoms with Crippen LogP contribution in [0.2, 0.25) is 0 Å². The zero-order chi connectivity index (χ0) is 18.1. The standard InChI is InChI=1S/C19H20N8/c1-4-15(24-18(5-1)23-14-3-2-7-20-10-14)17-12-21-19-9-13(6-8-27(17)19)16-11-22-26-25-16/h1,4-6,8-9,11-12,14,20H,2-3,7,10H2,(H,23,24)(H,22,25,26)/t14-/m1/s1. The molecule has 136 valence electrons. The second kappa shape index (κ2) is 6.81. The molecule has 5 rings (SSSR count). The number of aromatic nitrogens is 6. The molecule has 8 heteroatoms. The van der Waals surface area contributed by atoms with Crippen LogP contribution in [-0.2, 0) is 0 Å². The third kappa shape index (κ3) is 3.15. The number of rotatable bonds is 4. The minimum Gasteiger partial charge on any atom is -0.366 e. The molecule has 0 radical (unpaired) electrons. The third-order valence-corrected chi connectivity index (χ3v) is 4.88. The lowest BCUT2D eigenvalue weighted by Crippen LogP contribution is -2.38. The third-order valence-electron chi connectivity index (χ3n) is 4.88. The van der Waals surface area contributed by atoms with E-state index in [4.69, 9.17) is 4.98 Å². The zero-order valence-corrected chi connectivity index (χ0v) is 14.8. The Kier molecular flexibility index (Phi) is 4.02. The highest BCUT2D eigenvalue weighted by molar-refractivity contribution is 5.67. The SMILES string of the molecule is c1cc(N[C@@H]2CCCNC2)nc(-c2cnc3cc(-c4cn[nH]n4)ccn23)c1. The van der Waals surface area contributed by atoms with Crippen LogP contribution in [0.25, 0.3) is 28.3 Å². The second-order valence-electron chi connectivity index (χ2n) is 6.74. The molecule has 1 aliphatic rings. The molecule has 3 N–H and O–H groups in total. The van der Waals surface area contributed by atoms with Crippen LogP contribution in [0.1, 0.15) is 12.8 Å². The topological polar surface area (TPSA) is 95.8 Å². The lowest BCUT2D eigenvalue weighted by atomic mass is 10.1. The van der Waals surface area contributed by atoms with E-state index in [1.165, 1.54) is 12.8 Å². The number of H-pyrrole nitrogens is 1. The summed E-state index contributed by atoms with van der Waals surface area (Å²) in [7, 11) is 0. The van der Waals surface area contributed by atoms with Gasteiger partial charge in [0.05, 0.1) is 23.8 Å². The molecular weight excluding hydrogens is 340 g/mol. The van der Waals surface area contributed by atoms with Crippen molar-refractivity contribution in [3.05, 3.63) is 48.9 Å². The van der Waals surface area contributed by atoms with Gasteiger partial charge in [-0.1, -0.05) is 6.07 Å². The predicted octanol–water partition coefficient (Wildman–Crippen LogP) is 2.35. The molecule has 0 unspecified atom stereocenters. The molecule has 0 spiro atoms. The van der Waals surface area contributed by atoms with Crippen LogP contribution < -0.4 is 10.6 Å². The van der Waals surface area contributed by atoms with Gasteiger partial charge in [-0.05, 0) is 43.7 Å².